The van der Waals surface area contributed by atoms with Gasteiger partial charge in [-0.15, -0.1) is 11.6 Å². The van der Waals surface area contributed by atoms with E-state index in [0.717, 1.165) is 24.0 Å². The lowest BCUT2D eigenvalue weighted by atomic mass is 10.1. The molecule has 0 aromatic heterocycles. The summed E-state index contributed by atoms with van der Waals surface area (Å²) in [6.07, 6.45) is 1.79. The molecule has 1 saturated heterocycles. The summed E-state index contributed by atoms with van der Waals surface area (Å²) >= 11 is 5.80. The smallest absolute Gasteiger partial charge is 0.218 e. The van der Waals surface area contributed by atoms with Crippen molar-refractivity contribution in [1.29, 1.82) is 0 Å². The van der Waals surface area contributed by atoms with E-state index in [1.54, 1.807) is 4.31 Å². The van der Waals surface area contributed by atoms with Crippen molar-refractivity contribution in [3.63, 3.8) is 0 Å². The summed E-state index contributed by atoms with van der Waals surface area (Å²) in [5.41, 5.74) is 1.76. The molecule has 4 nitrogen and oxygen atoms in total. The number of benzene rings is 1. The second kappa shape index (κ2) is 7.09. The molecule has 1 fully saturated rings. The van der Waals surface area contributed by atoms with Gasteiger partial charge in [0.05, 0.1) is 5.75 Å². The number of hydrogen-bond acceptors (Lipinski definition) is 3. The molecule has 1 aliphatic rings. The molecule has 1 aromatic rings. The van der Waals surface area contributed by atoms with Crippen molar-refractivity contribution < 1.29 is 8.42 Å². The van der Waals surface area contributed by atoms with Gasteiger partial charge in [0, 0.05) is 25.0 Å². The highest BCUT2D eigenvalue weighted by Crippen LogP contribution is 2.20. The van der Waals surface area contributed by atoms with E-state index in [-0.39, 0.29) is 5.75 Å². The Balaban J connectivity index is 2.02. The summed E-state index contributed by atoms with van der Waals surface area (Å²) in [5.74, 6) is 0.465. The molecule has 0 aliphatic carbocycles. The van der Waals surface area contributed by atoms with Crippen LogP contribution in [-0.2, 0) is 21.7 Å². The summed E-state index contributed by atoms with van der Waals surface area (Å²) < 4.78 is 26.6. The van der Waals surface area contributed by atoms with Gasteiger partial charge in [-0.2, -0.15) is 0 Å². The molecule has 2 rings (SSSR count). The van der Waals surface area contributed by atoms with Gasteiger partial charge in [0.2, 0.25) is 10.0 Å². The average molecular weight is 331 g/mol. The number of halogens is 1. The van der Waals surface area contributed by atoms with Crippen LogP contribution in [-0.4, -0.2) is 50.8 Å². The van der Waals surface area contributed by atoms with E-state index in [9.17, 15) is 8.42 Å². The van der Waals surface area contributed by atoms with Crippen LogP contribution in [0.1, 0.15) is 24.0 Å². The predicted molar refractivity (Wildman–Crippen MR) is 86.9 cm³/mol. The first-order valence-corrected chi connectivity index (χ1v) is 9.35. The largest absolute Gasteiger partial charge is 0.306 e. The number of hydrogen-bond donors (Lipinski definition) is 0. The molecular weight excluding hydrogens is 308 g/mol. The number of sulfonamides is 1. The minimum absolute atomic E-state index is 0.0599. The Morgan fingerprint density at radius 1 is 1.24 bits per heavy atom. The van der Waals surface area contributed by atoms with Crippen LogP contribution >= 0.6 is 11.6 Å². The maximum atomic E-state index is 12.5. The van der Waals surface area contributed by atoms with E-state index in [2.05, 4.69) is 4.90 Å². The molecule has 0 amide bonds. The summed E-state index contributed by atoms with van der Waals surface area (Å²) in [6.45, 7) is 1.22. The van der Waals surface area contributed by atoms with Crippen molar-refractivity contribution in [2.24, 2.45) is 0 Å². The highest BCUT2D eigenvalue weighted by molar-refractivity contribution is 7.88. The predicted octanol–water partition coefficient (Wildman–Crippen LogP) is 2.28. The van der Waals surface area contributed by atoms with Crippen LogP contribution in [0.4, 0.5) is 0 Å². The lowest BCUT2D eigenvalue weighted by molar-refractivity contribution is 0.196. The molecule has 6 heteroatoms. The maximum absolute atomic E-state index is 12.5. The van der Waals surface area contributed by atoms with Crippen LogP contribution in [0.25, 0.3) is 0 Å². The average Bonchev–Trinajstić information content (AvgIpc) is 2.47. The molecule has 0 spiro atoms. The van der Waals surface area contributed by atoms with Crippen LogP contribution in [0.3, 0.4) is 0 Å². The van der Waals surface area contributed by atoms with Gasteiger partial charge in [-0.3, -0.25) is 0 Å². The minimum atomic E-state index is -3.24. The molecule has 0 saturated carbocycles. The van der Waals surface area contributed by atoms with E-state index < -0.39 is 10.0 Å². The van der Waals surface area contributed by atoms with E-state index in [4.69, 9.17) is 11.6 Å². The van der Waals surface area contributed by atoms with Gasteiger partial charge in [0.15, 0.2) is 0 Å². The Kier molecular flexibility index (Phi) is 5.66. The van der Waals surface area contributed by atoms with Gasteiger partial charge in [0.25, 0.3) is 0 Å². The van der Waals surface area contributed by atoms with Crippen LogP contribution < -0.4 is 0 Å². The van der Waals surface area contributed by atoms with Gasteiger partial charge in [-0.05, 0) is 38.1 Å². The van der Waals surface area contributed by atoms with Crippen molar-refractivity contribution in [3.05, 3.63) is 35.4 Å². The molecule has 21 heavy (non-hydrogen) atoms. The van der Waals surface area contributed by atoms with Gasteiger partial charge in [0.1, 0.15) is 0 Å². The van der Waals surface area contributed by atoms with Crippen LogP contribution in [0.5, 0.6) is 0 Å². The minimum Gasteiger partial charge on any atom is -0.306 e. The van der Waals surface area contributed by atoms with Crippen LogP contribution in [0, 0.1) is 0 Å². The molecule has 1 heterocycles. The first-order chi connectivity index (χ1) is 9.92. The Labute approximate surface area is 132 Å². The quantitative estimate of drug-likeness (QED) is 0.778. The summed E-state index contributed by atoms with van der Waals surface area (Å²) in [5, 5.41) is 0. The van der Waals surface area contributed by atoms with Crippen molar-refractivity contribution in [1.82, 2.24) is 9.21 Å². The summed E-state index contributed by atoms with van der Waals surface area (Å²) in [6, 6.07) is 7.97. The second-order valence-electron chi connectivity index (χ2n) is 5.80. The first kappa shape index (κ1) is 16.7. The molecule has 1 aliphatic heterocycles. The summed E-state index contributed by atoms with van der Waals surface area (Å²) in [4.78, 5) is 2.17. The SMILES string of the molecule is CN(C)C1CCN(S(=O)(=O)Cc2cccc(CCl)c2)CC1. The zero-order valence-electron chi connectivity index (χ0n) is 12.6. The fourth-order valence-electron chi connectivity index (χ4n) is 2.74. The molecular formula is C15H23ClN2O2S. The number of piperidine rings is 1. The number of alkyl halides is 1. The lowest BCUT2D eigenvalue weighted by Gasteiger charge is -2.34. The van der Waals surface area contributed by atoms with Gasteiger partial charge < -0.3 is 4.90 Å². The van der Waals surface area contributed by atoms with Gasteiger partial charge in [-0.1, -0.05) is 24.3 Å². The number of nitrogens with zero attached hydrogens (tertiary/aromatic N) is 2. The van der Waals surface area contributed by atoms with Gasteiger partial charge >= 0.3 is 0 Å². The molecule has 118 valence electrons. The third-order valence-electron chi connectivity index (χ3n) is 4.04. The van der Waals surface area contributed by atoms with Gasteiger partial charge in [-0.25, -0.2) is 12.7 Å². The normalized spacial score (nSPS) is 18.3. The highest BCUT2D eigenvalue weighted by atomic mass is 35.5. The van der Waals surface area contributed by atoms with E-state index >= 15 is 0 Å². The number of rotatable bonds is 5. The monoisotopic (exact) mass is 330 g/mol. The third-order valence-corrected chi connectivity index (χ3v) is 6.20. The van der Waals surface area contributed by atoms with Crippen LogP contribution in [0.2, 0.25) is 0 Å². The Morgan fingerprint density at radius 2 is 1.86 bits per heavy atom. The standard InChI is InChI=1S/C15H23ClN2O2S/c1-17(2)15-6-8-18(9-7-15)21(19,20)12-14-5-3-4-13(10-14)11-16/h3-5,10,15H,6-9,11-12H2,1-2H3. The van der Waals surface area contributed by atoms with Crippen molar-refractivity contribution in [2.45, 2.75) is 30.5 Å². The first-order valence-electron chi connectivity index (χ1n) is 7.20. The lowest BCUT2D eigenvalue weighted by Crippen LogP contribution is -2.44. The second-order valence-corrected chi connectivity index (χ2v) is 8.04. The van der Waals surface area contributed by atoms with Crippen molar-refractivity contribution in [2.75, 3.05) is 27.2 Å². The van der Waals surface area contributed by atoms with Crippen LogP contribution in [0.15, 0.2) is 24.3 Å². The van der Waals surface area contributed by atoms with Crippen molar-refractivity contribution in [3.8, 4) is 0 Å². The fraction of sp³-hybridized carbons (Fsp3) is 0.600. The third kappa shape index (κ3) is 4.42. The highest BCUT2D eigenvalue weighted by Gasteiger charge is 2.28. The Bertz CT molecular complexity index is 567. The van der Waals surface area contributed by atoms with E-state index in [1.807, 2.05) is 38.4 Å². The molecule has 0 atom stereocenters. The zero-order valence-corrected chi connectivity index (χ0v) is 14.2. The topological polar surface area (TPSA) is 40.6 Å². The molecule has 0 radical (unpaired) electrons. The van der Waals surface area contributed by atoms with E-state index in [0.29, 0.717) is 25.0 Å². The molecule has 0 bridgehead atoms. The van der Waals surface area contributed by atoms with E-state index in [1.165, 1.54) is 0 Å². The molecule has 0 N–H and O–H groups in total. The fourth-order valence-corrected chi connectivity index (χ4v) is 4.46. The maximum Gasteiger partial charge on any atom is 0.218 e. The Hall–Kier alpha value is -0.620. The molecule has 1 aromatic carbocycles. The summed E-state index contributed by atoms with van der Waals surface area (Å²) in [7, 11) is 0.857. The van der Waals surface area contributed by atoms with Crippen molar-refractivity contribution >= 4 is 21.6 Å². The zero-order chi connectivity index (χ0) is 15.5. The Morgan fingerprint density at radius 3 is 2.43 bits per heavy atom. The molecule has 0 unspecified atom stereocenters.